The van der Waals surface area contributed by atoms with Crippen LogP contribution in [0.2, 0.25) is 0 Å². The number of hydrogen-bond acceptors (Lipinski definition) is 5. The third-order valence-corrected chi connectivity index (χ3v) is 4.74. The predicted molar refractivity (Wildman–Crippen MR) is 93.1 cm³/mol. The van der Waals surface area contributed by atoms with Gasteiger partial charge in [0.15, 0.2) is 0 Å². The van der Waals surface area contributed by atoms with Crippen molar-refractivity contribution in [2.45, 2.75) is 26.8 Å². The Bertz CT molecular complexity index is 820. The molecule has 2 aromatic heterocycles. The fourth-order valence-corrected chi connectivity index (χ4v) is 3.30. The Morgan fingerprint density at radius 1 is 1.25 bits per heavy atom. The fourth-order valence-electron chi connectivity index (χ4n) is 2.49. The first kappa shape index (κ1) is 16.4. The molecular formula is C18H19N3O2S. The van der Waals surface area contributed by atoms with Crippen molar-refractivity contribution in [1.29, 1.82) is 0 Å². The van der Waals surface area contributed by atoms with Crippen LogP contribution in [-0.2, 0) is 13.0 Å². The molecule has 0 N–H and O–H groups in total. The smallest absolute Gasteiger partial charge is 0.273 e. The van der Waals surface area contributed by atoms with Crippen LogP contribution in [0.3, 0.4) is 0 Å². The summed E-state index contributed by atoms with van der Waals surface area (Å²) in [5.41, 5.74) is 3.44. The Labute approximate surface area is 144 Å². The average Bonchev–Trinajstić information content (AvgIpc) is 3.17. The third-order valence-electron chi connectivity index (χ3n) is 3.89. The van der Waals surface area contributed by atoms with Crippen molar-refractivity contribution < 1.29 is 9.32 Å². The van der Waals surface area contributed by atoms with E-state index >= 15 is 0 Å². The molecule has 1 aromatic carbocycles. The van der Waals surface area contributed by atoms with Crippen LogP contribution in [0.15, 0.2) is 40.2 Å². The number of hydrogen-bond donors (Lipinski definition) is 0. The van der Waals surface area contributed by atoms with Gasteiger partial charge in [-0.2, -0.15) is 0 Å². The van der Waals surface area contributed by atoms with Gasteiger partial charge in [-0.15, -0.1) is 11.3 Å². The topological polar surface area (TPSA) is 59.2 Å². The summed E-state index contributed by atoms with van der Waals surface area (Å²) in [6, 6.07) is 10.1. The van der Waals surface area contributed by atoms with E-state index in [9.17, 15) is 4.79 Å². The highest BCUT2D eigenvalue weighted by Crippen LogP contribution is 2.18. The highest BCUT2D eigenvalue weighted by Gasteiger charge is 2.19. The first-order valence-electron chi connectivity index (χ1n) is 7.70. The zero-order chi connectivity index (χ0) is 17.1. The molecule has 0 aliphatic rings. The largest absolute Gasteiger partial charge is 0.361 e. The van der Waals surface area contributed by atoms with E-state index in [-0.39, 0.29) is 5.91 Å². The molecule has 0 saturated carbocycles. The molecule has 124 valence electrons. The average molecular weight is 341 g/mol. The van der Waals surface area contributed by atoms with Gasteiger partial charge in [0.25, 0.3) is 5.91 Å². The second-order valence-electron chi connectivity index (χ2n) is 5.75. The van der Waals surface area contributed by atoms with E-state index in [1.807, 2.05) is 37.4 Å². The molecule has 0 saturated heterocycles. The predicted octanol–water partition coefficient (Wildman–Crippen LogP) is 3.61. The van der Waals surface area contributed by atoms with Crippen molar-refractivity contribution in [3.8, 4) is 0 Å². The zero-order valence-electron chi connectivity index (χ0n) is 13.9. The number of thiazole rings is 1. The number of carbonyl (C=O) groups is 1. The lowest BCUT2D eigenvalue weighted by Crippen LogP contribution is -2.27. The molecule has 0 aliphatic carbocycles. The number of aryl methyl sites for hydroxylation is 2. The summed E-state index contributed by atoms with van der Waals surface area (Å²) in [5, 5.41) is 6.69. The fraction of sp³-hybridized carbons (Fsp3) is 0.278. The van der Waals surface area contributed by atoms with Gasteiger partial charge < -0.3 is 9.42 Å². The molecule has 3 rings (SSSR count). The van der Waals surface area contributed by atoms with Crippen LogP contribution in [0.5, 0.6) is 0 Å². The number of nitrogens with zero attached hydrogens (tertiary/aromatic N) is 3. The monoisotopic (exact) mass is 341 g/mol. The van der Waals surface area contributed by atoms with Crippen molar-refractivity contribution in [3.63, 3.8) is 0 Å². The Morgan fingerprint density at radius 3 is 2.67 bits per heavy atom. The van der Waals surface area contributed by atoms with E-state index in [1.165, 1.54) is 16.9 Å². The van der Waals surface area contributed by atoms with Gasteiger partial charge >= 0.3 is 0 Å². The maximum atomic E-state index is 12.6. The highest BCUT2D eigenvalue weighted by molar-refractivity contribution is 7.09. The molecule has 0 fully saturated rings. The van der Waals surface area contributed by atoms with Gasteiger partial charge in [-0.25, -0.2) is 4.98 Å². The normalized spacial score (nSPS) is 10.8. The van der Waals surface area contributed by atoms with Crippen molar-refractivity contribution in [3.05, 3.63) is 69.0 Å². The van der Waals surface area contributed by atoms with Crippen molar-refractivity contribution in [1.82, 2.24) is 15.0 Å². The first-order chi connectivity index (χ1) is 11.5. The van der Waals surface area contributed by atoms with Crippen LogP contribution in [-0.4, -0.2) is 28.0 Å². The zero-order valence-corrected chi connectivity index (χ0v) is 14.8. The van der Waals surface area contributed by atoms with Crippen LogP contribution in [0.4, 0.5) is 0 Å². The Morgan fingerprint density at radius 2 is 2.00 bits per heavy atom. The molecule has 6 heteroatoms. The molecule has 3 aromatic rings. The molecular weight excluding hydrogens is 322 g/mol. The molecule has 2 heterocycles. The summed E-state index contributed by atoms with van der Waals surface area (Å²) in [6.45, 7) is 4.20. The lowest BCUT2D eigenvalue weighted by atomic mass is 10.2. The van der Waals surface area contributed by atoms with Crippen molar-refractivity contribution in [2.75, 3.05) is 7.05 Å². The third kappa shape index (κ3) is 3.54. The number of rotatable bonds is 5. The first-order valence-corrected chi connectivity index (χ1v) is 8.58. The SMILES string of the molecule is Cc1noc(C)c1CN(C)C(=O)c1csc(Cc2ccccc2)n1. The van der Waals surface area contributed by atoms with Gasteiger partial charge in [0.1, 0.15) is 11.5 Å². The summed E-state index contributed by atoms with van der Waals surface area (Å²) in [5.74, 6) is 0.653. The molecule has 0 spiro atoms. The minimum atomic E-state index is -0.0921. The minimum absolute atomic E-state index is 0.0921. The van der Waals surface area contributed by atoms with E-state index in [0.29, 0.717) is 12.2 Å². The number of amides is 1. The van der Waals surface area contributed by atoms with E-state index in [2.05, 4.69) is 22.3 Å². The van der Waals surface area contributed by atoms with Crippen molar-refractivity contribution in [2.24, 2.45) is 0 Å². The van der Waals surface area contributed by atoms with E-state index in [4.69, 9.17) is 4.52 Å². The van der Waals surface area contributed by atoms with Crippen LogP contribution in [0.1, 0.15) is 38.1 Å². The molecule has 0 bridgehead atoms. The lowest BCUT2D eigenvalue weighted by Gasteiger charge is -2.15. The van der Waals surface area contributed by atoms with Crippen LogP contribution in [0.25, 0.3) is 0 Å². The summed E-state index contributed by atoms with van der Waals surface area (Å²) in [4.78, 5) is 18.7. The van der Waals surface area contributed by atoms with E-state index in [1.54, 1.807) is 11.9 Å². The van der Waals surface area contributed by atoms with Crippen molar-refractivity contribution >= 4 is 17.2 Å². The summed E-state index contributed by atoms with van der Waals surface area (Å²) >= 11 is 1.51. The number of carbonyl (C=O) groups excluding carboxylic acids is 1. The van der Waals surface area contributed by atoms with Gasteiger partial charge in [0.2, 0.25) is 0 Å². The molecule has 5 nitrogen and oxygen atoms in total. The lowest BCUT2D eigenvalue weighted by molar-refractivity contribution is 0.0779. The summed E-state index contributed by atoms with van der Waals surface area (Å²) in [6.07, 6.45) is 0.742. The standard InChI is InChI=1S/C18H19N3O2S/c1-12-15(13(2)23-20-12)10-21(3)18(22)16-11-24-17(19-16)9-14-7-5-4-6-8-14/h4-8,11H,9-10H2,1-3H3. The maximum absolute atomic E-state index is 12.6. The van der Waals surface area contributed by atoms with Crippen LogP contribution in [0, 0.1) is 13.8 Å². The summed E-state index contributed by atoms with van der Waals surface area (Å²) < 4.78 is 5.15. The quantitative estimate of drug-likeness (QED) is 0.711. The molecule has 0 atom stereocenters. The Kier molecular flexibility index (Phi) is 4.76. The van der Waals surface area contributed by atoms with Gasteiger partial charge in [0.05, 0.1) is 17.2 Å². The second-order valence-corrected chi connectivity index (χ2v) is 6.70. The van der Waals surface area contributed by atoms with Crippen LogP contribution >= 0.6 is 11.3 Å². The molecule has 0 unspecified atom stereocenters. The van der Waals surface area contributed by atoms with Gasteiger partial charge in [-0.05, 0) is 19.4 Å². The Hall–Kier alpha value is -2.47. The number of aromatic nitrogens is 2. The second kappa shape index (κ2) is 6.97. The summed E-state index contributed by atoms with van der Waals surface area (Å²) in [7, 11) is 1.77. The van der Waals surface area contributed by atoms with Crippen LogP contribution < -0.4 is 0 Å². The van der Waals surface area contributed by atoms with E-state index in [0.717, 1.165) is 28.4 Å². The molecule has 0 radical (unpaired) electrons. The highest BCUT2D eigenvalue weighted by atomic mass is 32.1. The van der Waals surface area contributed by atoms with Gasteiger partial charge in [0, 0.05) is 24.4 Å². The number of benzene rings is 1. The van der Waals surface area contributed by atoms with E-state index < -0.39 is 0 Å². The molecule has 0 aliphatic heterocycles. The maximum Gasteiger partial charge on any atom is 0.273 e. The molecule has 1 amide bonds. The Balaban J connectivity index is 1.69. The molecule has 24 heavy (non-hydrogen) atoms. The minimum Gasteiger partial charge on any atom is -0.361 e. The van der Waals surface area contributed by atoms with Gasteiger partial charge in [-0.3, -0.25) is 4.79 Å². The van der Waals surface area contributed by atoms with Gasteiger partial charge in [-0.1, -0.05) is 35.5 Å².